The third kappa shape index (κ3) is 12.2. The molecule has 0 aromatic heterocycles. The van der Waals surface area contributed by atoms with Crippen LogP contribution in [0.4, 0.5) is 5.69 Å². The second-order valence-corrected chi connectivity index (χ2v) is 5.76. The molecule has 8 nitrogen and oxygen atoms in total. The fourth-order valence-corrected chi connectivity index (χ4v) is 2.04. The highest BCUT2D eigenvalue weighted by molar-refractivity contribution is 5.91. The van der Waals surface area contributed by atoms with Crippen LogP contribution in [0, 0.1) is 0 Å². The van der Waals surface area contributed by atoms with Crippen molar-refractivity contribution in [3.05, 3.63) is 36.4 Å². The first-order valence-electron chi connectivity index (χ1n) is 8.47. The quantitative estimate of drug-likeness (QED) is 0.632. The van der Waals surface area contributed by atoms with Crippen molar-refractivity contribution in [2.45, 2.75) is 20.3 Å². The van der Waals surface area contributed by atoms with Crippen LogP contribution in [0.2, 0.25) is 0 Å². The van der Waals surface area contributed by atoms with Crippen molar-refractivity contribution < 1.29 is 29.3 Å². The third-order valence-electron chi connectivity index (χ3n) is 3.20. The van der Waals surface area contributed by atoms with Gasteiger partial charge in [-0.15, -0.1) is 0 Å². The van der Waals surface area contributed by atoms with Gasteiger partial charge in [0.2, 0.25) is 5.91 Å². The molecule has 27 heavy (non-hydrogen) atoms. The number of rotatable bonds is 9. The lowest BCUT2D eigenvalue weighted by Gasteiger charge is -2.22. The van der Waals surface area contributed by atoms with E-state index in [-0.39, 0.29) is 5.91 Å². The molecular formula is C19H28N2O6. The van der Waals surface area contributed by atoms with Crippen molar-refractivity contribution in [1.82, 2.24) is 4.90 Å². The number of carbonyl (C=O) groups is 3. The molecule has 150 valence electrons. The second kappa shape index (κ2) is 13.3. The number of aliphatic carboxylic acids is 2. The van der Waals surface area contributed by atoms with E-state index in [1.165, 1.54) is 0 Å². The molecule has 0 saturated carbocycles. The minimum absolute atomic E-state index is 0.0721. The Labute approximate surface area is 159 Å². The van der Waals surface area contributed by atoms with Crippen LogP contribution in [0.3, 0.4) is 0 Å². The molecule has 0 fully saturated rings. The Morgan fingerprint density at radius 2 is 1.52 bits per heavy atom. The number of ether oxygens (including phenoxy) is 1. The zero-order valence-corrected chi connectivity index (χ0v) is 16.2. The Hall–Kier alpha value is -2.87. The largest absolute Gasteiger partial charge is 0.494 e. The summed E-state index contributed by atoms with van der Waals surface area (Å²) in [6, 6.07) is 7.67. The lowest BCUT2D eigenvalue weighted by atomic mass is 10.2. The Morgan fingerprint density at radius 3 is 1.89 bits per heavy atom. The Balaban J connectivity index is 0.000000713. The van der Waals surface area contributed by atoms with E-state index in [2.05, 4.69) is 4.90 Å². The average Bonchev–Trinajstić information content (AvgIpc) is 2.58. The number of hydrogen-bond acceptors (Lipinski definition) is 5. The standard InChI is InChI=1S/C15H24N2O2.C4H4O4/c1-5-19-15-9-7-14(8-10-15)17(13(2)18)12-6-11-16(3)4;5-3(6)1-2-4(7)8/h7-10H,5-6,11-12H2,1-4H3;1-2H,(H,5,6)(H,7,8)/b;2-1+. The smallest absolute Gasteiger partial charge is 0.328 e. The van der Waals surface area contributed by atoms with Crippen LogP contribution < -0.4 is 9.64 Å². The molecule has 0 heterocycles. The van der Waals surface area contributed by atoms with Crippen LogP contribution >= 0.6 is 0 Å². The van der Waals surface area contributed by atoms with Crippen LogP contribution in [0.1, 0.15) is 20.3 Å². The molecule has 0 spiro atoms. The highest BCUT2D eigenvalue weighted by atomic mass is 16.5. The number of carboxylic acids is 2. The lowest BCUT2D eigenvalue weighted by Crippen LogP contribution is -2.31. The van der Waals surface area contributed by atoms with Gasteiger partial charge in [0, 0.05) is 31.3 Å². The molecule has 1 aromatic rings. The van der Waals surface area contributed by atoms with Gasteiger partial charge in [-0.25, -0.2) is 9.59 Å². The minimum Gasteiger partial charge on any atom is -0.494 e. The summed E-state index contributed by atoms with van der Waals surface area (Å²) >= 11 is 0. The van der Waals surface area contributed by atoms with E-state index >= 15 is 0 Å². The van der Waals surface area contributed by atoms with Crippen molar-refractivity contribution in [1.29, 1.82) is 0 Å². The second-order valence-electron chi connectivity index (χ2n) is 5.76. The predicted molar refractivity (Wildman–Crippen MR) is 103 cm³/mol. The first-order chi connectivity index (χ1) is 12.7. The van der Waals surface area contributed by atoms with E-state index in [0.29, 0.717) is 18.8 Å². The molecule has 0 aliphatic heterocycles. The van der Waals surface area contributed by atoms with Gasteiger partial charge < -0.3 is 24.7 Å². The average molecular weight is 380 g/mol. The first-order valence-corrected chi connectivity index (χ1v) is 8.47. The fraction of sp³-hybridized carbons (Fsp3) is 0.421. The summed E-state index contributed by atoms with van der Waals surface area (Å²) < 4.78 is 5.40. The molecule has 1 rings (SSSR count). The Bertz CT molecular complexity index is 610. The minimum atomic E-state index is -1.26. The maximum Gasteiger partial charge on any atom is 0.328 e. The highest BCUT2D eigenvalue weighted by Gasteiger charge is 2.11. The van der Waals surface area contributed by atoms with Crippen molar-refractivity contribution in [2.75, 3.05) is 38.7 Å². The number of carbonyl (C=O) groups excluding carboxylic acids is 1. The summed E-state index contributed by atoms with van der Waals surface area (Å²) in [5, 5.41) is 15.6. The van der Waals surface area contributed by atoms with E-state index in [9.17, 15) is 14.4 Å². The predicted octanol–water partition coefficient (Wildman–Crippen LogP) is 2.10. The molecule has 0 aliphatic rings. The summed E-state index contributed by atoms with van der Waals surface area (Å²) in [5.41, 5.74) is 0.926. The van der Waals surface area contributed by atoms with E-state index in [1.54, 1.807) is 11.8 Å². The number of amides is 1. The number of nitrogens with zero attached hydrogens (tertiary/aromatic N) is 2. The summed E-state index contributed by atoms with van der Waals surface area (Å²) in [5.74, 6) is -1.61. The number of carboxylic acid groups (broad SMARTS) is 2. The Morgan fingerprint density at radius 1 is 1.00 bits per heavy atom. The zero-order chi connectivity index (χ0) is 20.8. The summed E-state index contributed by atoms with van der Waals surface area (Å²) in [4.78, 5) is 34.7. The van der Waals surface area contributed by atoms with Gasteiger partial charge in [-0.05, 0) is 58.3 Å². The highest BCUT2D eigenvalue weighted by Crippen LogP contribution is 2.20. The van der Waals surface area contributed by atoms with Gasteiger partial charge in [-0.1, -0.05) is 0 Å². The summed E-state index contributed by atoms with van der Waals surface area (Å²) in [6.07, 6.45) is 2.07. The molecule has 1 amide bonds. The van der Waals surface area contributed by atoms with Gasteiger partial charge in [0.1, 0.15) is 5.75 Å². The van der Waals surface area contributed by atoms with Crippen LogP contribution in [0.15, 0.2) is 36.4 Å². The van der Waals surface area contributed by atoms with Gasteiger partial charge in [-0.3, -0.25) is 4.79 Å². The van der Waals surface area contributed by atoms with Gasteiger partial charge in [0.25, 0.3) is 0 Å². The molecule has 1 aromatic carbocycles. The summed E-state index contributed by atoms with van der Waals surface area (Å²) in [7, 11) is 4.07. The molecule has 0 atom stereocenters. The zero-order valence-electron chi connectivity index (χ0n) is 16.2. The third-order valence-corrected chi connectivity index (χ3v) is 3.20. The molecule has 0 saturated heterocycles. The monoisotopic (exact) mass is 380 g/mol. The van der Waals surface area contributed by atoms with Crippen LogP contribution in [0.5, 0.6) is 5.75 Å². The number of hydrogen-bond donors (Lipinski definition) is 2. The molecular weight excluding hydrogens is 352 g/mol. The van der Waals surface area contributed by atoms with Crippen molar-refractivity contribution >= 4 is 23.5 Å². The van der Waals surface area contributed by atoms with Gasteiger partial charge in [0.05, 0.1) is 6.61 Å². The molecule has 8 heteroatoms. The molecule has 2 N–H and O–H groups in total. The van der Waals surface area contributed by atoms with Crippen molar-refractivity contribution in [3.8, 4) is 5.75 Å². The van der Waals surface area contributed by atoms with Crippen LogP contribution in [-0.4, -0.2) is 66.8 Å². The SMILES string of the molecule is CCOc1ccc(N(CCCN(C)C)C(C)=O)cc1.O=C(O)/C=C/C(=O)O. The maximum atomic E-state index is 11.7. The normalized spacial score (nSPS) is 10.3. The first kappa shape index (κ1) is 24.1. The molecule has 0 bridgehead atoms. The topological polar surface area (TPSA) is 107 Å². The lowest BCUT2D eigenvalue weighted by molar-refractivity contribution is -0.134. The number of anilines is 1. The van der Waals surface area contributed by atoms with Crippen LogP contribution in [-0.2, 0) is 14.4 Å². The van der Waals surface area contributed by atoms with Crippen molar-refractivity contribution in [2.24, 2.45) is 0 Å². The fourth-order valence-electron chi connectivity index (χ4n) is 2.04. The number of benzene rings is 1. The van der Waals surface area contributed by atoms with Gasteiger partial charge >= 0.3 is 11.9 Å². The Kier molecular flexibility index (Phi) is 11.9. The van der Waals surface area contributed by atoms with Gasteiger partial charge in [0.15, 0.2) is 0 Å². The van der Waals surface area contributed by atoms with E-state index < -0.39 is 11.9 Å². The van der Waals surface area contributed by atoms with E-state index in [4.69, 9.17) is 14.9 Å². The van der Waals surface area contributed by atoms with Crippen LogP contribution in [0.25, 0.3) is 0 Å². The summed E-state index contributed by atoms with van der Waals surface area (Å²) in [6.45, 7) is 5.92. The molecule has 0 unspecified atom stereocenters. The molecule has 0 radical (unpaired) electrons. The van der Waals surface area contributed by atoms with E-state index in [1.807, 2.05) is 45.3 Å². The van der Waals surface area contributed by atoms with Gasteiger partial charge in [-0.2, -0.15) is 0 Å². The maximum absolute atomic E-state index is 11.7. The molecule has 0 aliphatic carbocycles. The van der Waals surface area contributed by atoms with Crippen molar-refractivity contribution in [3.63, 3.8) is 0 Å². The van der Waals surface area contributed by atoms with E-state index in [0.717, 1.165) is 30.9 Å².